The zero-order chi connectivity index (χ0) is 15.2. The average molecular weight is 282 g/mol. The number of rotatable bonds is 9. The van der Waals surface area contributed by atoms with Crippen LogP contribution in [0.3, 0.4) is 0 Å². The van der Waals surface area contributed by atoms with Crippen LogP contribution in [-0.2, 0) is 11.3 Å². The van der Waals surface area contributed by atoms with Crippen LogP contribution in [0.15, 0.2) is 0 Å². The number of aryl methyl sites for hydroxylation is 3. The second-order valence-corrected chi connectivity index (χ2v) is 5.45. The van der Waals surface area contributed by atoms with Crippen molar-refractivity contribution >= 4 is 5.97 Å². The van der Waals surface area contributed by atoms with Gasteiger partial charge in [0.2, 0.25) is 0 Å². The van der Waals surface area contributed by atoms with Crippen molar-refractivity contribution in [2.45, 2.75) is 65.5 Å². The molecule has 1 rings (SSSR count). The van der Waals surface area contributed by atoms with Crippen molar-refractivity contribution in [2.75, 3.05) is 6.54 Å². The maximum atomic E-state index is 11.4. The quantitative estimate of drug-likeness (QED) is 0.676. The zero-order valence-electron chi connectivity index (χ0n) is 12.9. The van der Waals surface area contributed by atoms with Crippen molar-refractivity contribution in [3.63, 3.8) is 0 Å². The summed E-state index contributed by atoms with van der Waals surface area (Å²) in [6, 6.07) is 0. The first kappa shape index (κ1) is 16.6. The Kier molecular flexibility index (Phi) is 6.13. The second-order valence-electron chi connectivity index (χ2n) is 5.45. The first-order chi connectivity index (χ1) is 9.39. The first-order valence-electron chi connectivity index (χ1n) is 7.25. The molecule has 0 radical (unpaired) electrons. The maximum absolute atomic E-state index is 11.4. The van der Waals surface area contributed by atoms with Gasteiger partial charge in [-0.25, -0.2) is 4.98 Å². The first-order valence-corrected chi connectivity index (χ1v) is 7.25. The summed E-state index contributed by atoms with van der Waals surface area (Å²) in [5.74, 6) is 0.911. The van der Waals surface area contributed by atoms with Gasteiger partial charge >= 0.3 is 5.97 Å². The molecule has 0 aromatic carbocycles. The van der Waals surface area contributed by atoms with Crippen LogP contribution in [0.4, 0.5) is 0 Å². The summed E-state index contributed by atoms with van der Waals surface area (Å²) in [6.45, 7) is 9.12. The van der Waals surface area contributed by atoms with Crippen molar-refractivity contribution in [1.82, 2.24) is 20.1 Å². The van der Waals surface area contributed by atoms with Crippen LogP contribution < -0.4 is 5.32 Å². The summed E-state index contributed by atoms with van der Waals surface area (Å²) in [7, 11) is 0. The molecule has 0 saturated carbocycles. The molecule has 0 saturated heterocycles. The van der Waals surface area contributed by atoms with Crippen molar-refractivity contribution < 1.29 is 9.90 Å². The number of nitrogens with one attached hydrogen (secondary N) is 1. The highest BCUT2D eigenvalue weighted by atomic mass is 16.4. The van der Waals surface area contributed by atoms with E-state index in [1.54, 1.807) is 6.92 Å². The molecule has 0 aliphatic heterocycles. The molecule has 1 aromatic rings. The van der Waals surface area contributed by atoms with E-state index < -0.39 is 11.5 Å². The molecule has 1 atom stereocenters. The fourth-order valence-corrected chi connectivity index (χ4v) is 2.19. The van der Waals surface area contributed by atoms with Crippen LogP contribution in [0.2, 0.25) is 0 Å². The molecule has 6 nitrogen and oxygen atoms in total. The lowest BCUT2D eigenvalue weighted by Gasteiger charge is -2.26. The Balaban J connectivity index is 2.41. The van der Waals surface area contributed by atoms with Gasteiger partial charge in [0.05, 0.1) is 0 Å². The fraction of sp³-hybridized carbons (Fsp3) is 0.786. The molecule has 0 aliphatic carbocycles. The average Bonchev–Trinajstić information content (AvgIpc) is 2.70. The summed E-state index contributed by atoms with van der Waals surface area (Å²) < 4.78 is 1.88. The van der Waals surface area contributed by atoms with Crippen LogP contribution in [0, 0.1) is 13.8 Å². The van der Waals surface area contributed by atoms with Gasteiger partial charge in [-0.2, -0.15) is 5.10 Å². The van der Waals surface area contributed by atoms with E-state index in [1.165, 1.54) is 0 Å². The molecule has 0 spiro atoms. The maximum Gasteiger partial charge on any atom is 0.323 e. The fourth-order valence-electron chi connectivity index (χ4n) is 2.19. The molecule has 1 heterocycles. The van der Waals surface area contributed by atoms with E-state index in [0.717, 1.165) is 44.0 Å². The summed E-state index contributed by atoms with van der Waals surface area (Å²) in [6.07, 6.45) is 3.30. The Hall–Kier alpha value is -1.43. The molecule has 114 valence electrons. The van der Waals surface area contributed by atoms with Gasteiger partial charge in [0.15, 0.2) is 0 Å². The van der Waals surface area contributed by atoms with Gasteiger partial charge in [-0.1, -0.05) is 6.92 Å². The topological polar surface area (TPSA) is 80.0 Å². The summed E-state index contributed by atoms with van der Waals surface area (Å²) in [5.41, 5.74) is -0.830. The zero-order valence-corrected chi connectivity index (χ0v) is 12.9. The van der Waals surface area contributed by atoms with E-state index in [4.69, 9.17) is 0 Å². The number of carboxylic acids is 1. The van der Waals surface area contributed by atoms with E-state index in [1.807, 2.05) is 25.5 Å². The summed E-state index contributed by atoms with van der Waals surface area (Å²) >= 11 is 0. The molecular formula is C14H26N4O2. The summed E-state index contributed by atoms with van der Waals surface area (Å²) in [5, 5.41) is 16.8. The third kappa shape index (κ3) is 4.59. The van der Waals surface area contributed by atoms with Gasteiger partial charge in [-0.05, 0) is 53.0 Å². The summed E-state index contributed by atoms with van der Waals surface area (Å²) in [4.78, 5) is 15.6. The van der Waals surface area contributed by atoms with Crippen LogP contribution in [-0.4, -0.2) is 37.9 Å². The molecule has 2 N–H and O–H groups in total. The molecule has 0 amide bonds. The van der Waals surface area contributed by atoms with Crippen molar-refractivity contribution in [2.24, 2.45) is 0 Å². The Labute approximate surface area is 120 Å². The van der Waals surface area contributed by atoms with E-state index in [9.17, 15) is 9.90 Å². The SMILES string of the molecule is CCCNC(C)(CCCCn1nc(C)nc1C)C(=O)O. The molecule has 1 aromatic heterocycles. The minimum Gasteiger partial charge on any atom is -0.480 e. The van der Waals surface area contributed by atoms with Crippen molar-refractivity contribution in [1.29, 1.82) is 0 Å². The Morgan fingerprint density at radius 2 is 2.10 bits per heavy atom. The Bertz CT molecular complexity index is 444. The Morgan fingerprint density at radius 3 is 2.60 bits per heavy atom. The predicted molar refractivity (Wildman–Crippen MR) is 77.7 cm³/mol. The van der Waals surface area contributed by atoms with E-state index in [2.05, 4.69) is 15.4 Å². The van der Waals surface area contributed by atoms with Gasteiger partial charge in [0.25, 0.3) is 0 Å². The highest BCUT2D eigenvalue weighted by Gasteiger charge is 2.31. The van der Waals surface area contributed by atoms with Gasteiger partial charge in [-0.15, -0.1) is 0 Å². The van der Waals surface area contributed by atoms with Crippen LogP contribution in [0.25, 0.3) is 0 Å². The number of aromatic nitrogens is 3. The number of hydrogen-bond donors (Lipinski definition) is 2. The van der Waals surface area contributed by atoms with Gasteiger partial charge in [-0.3, -0.25) is 9.48 Å². The van der Waals surface area contributed by atoms with Gasteiger partial charge in [0, 0.05) is 6.54 Å². The number of nitrogens with zero attached hydrogens (tertiary/aromatic N) is 3. The highest BCUT2D eigenvalue weighted by Crippen LogP contribution is 2.15. The molecule has 1 unspecified atom stereocenters. The standard InChI is InChI=1S/C14H26N4O2/c1-5-9-15-14(4,13(19)20)8-6-7-10-18-12(3)16-11(2)17-18/h15H,5-10H2,1-4H3,(H,19,20). The number of aliphatic carboxylic acids is 1. The van der Waals surface area contributed by atoms with E-state index in [0.29, 0.717) is 6.42 Å². The van der Waals surface area contributed by atoms with Gasteiger partial charge < -0.3 is 10.4 Å². The molecule has 0 bridgehead atoms. The second kappa shape index (κ2) is 7.38. The minimum atomic E-state index is -0.830. The predicted octanol–water partition coefficient (Wildman–Crippen LogP) is 1.91. The van der Waals surface area contributed by atoms with Crippen LogP contribution >= 0.6 is 0 Å². The van der Waals surface area contributed by atoms with E-state index in [-0.39, 0.29) is 0 Å². The molecule has 0 aliphatic rings. The number of hydrogen-bond acceptors (Lipinski definition) is 4. The molecule has 20 heavy (non-hydrogen) atoms. The monoisotopic (exact) mass is 282 g/mol. The molecular weight excluding hydrogens is 256 g/mol. The van der Waals surface area contributed by atoms with E-state index >= 15 is 0 Å². The smallest absolute Gasteiger partial charge is 0.323 e. The highest BCUT2D eigenvalue weighted by molar-refractivity contribution is 5.78. The lowest BCUT2D eigenvalue weighted by Crippen LogP contribution is -2.49. The molecule has 0 fully saturated rings. The lowest BCUT2D eigenvalue weighted by atomic mass is 9.94. The normalized spacial score (nSPS) is 14.2. The van der Waals surface area contributed by atoms with Crippen LogP contribution in [0.5, 0.6) is 0 Å². The number of carboxylic acid groups (broad SMARTS) is 1. The third-order valence-corrected chi connectivity index (χ3v) is 3.50. The van der Waals surface area contributed by atoms with Crippen LogP contribution in [0.1, 0.15) is 51.2 Å². The van der Waals surface area contributed by atoms with Crippen molar-refractivity contribution in [3.8, 4) is 0 Å². The molecule has 6 heteroatoms. The largest absolute Gasteiger partial charge is 0.480 e. The number of carbonyl (C=O) groups is 1. The lowest BCUT2D eigenvalue weighted by molar-refractivity contribution is -0.144. The van der Waals surface area contributed by atoms with Crippen molar-refractivity contribution in [3.05, 3.63) is 11.6 Å². The number of unbranched alkanes of at least 4 members (excludes halogenated alkanes) is 1. The minimum absolute atomic E-state index is 0.620. The van der Waals surface area contributed by atoms with Gasteiger partial charge in [0.1, 0.15) is 17.2 Å². The third-order valence-electron chi connectivity index (χ3n) is 3.50. The Morgan fingerprint density at radius 1 is 1.40 bits per heavy atom.